The maximum absolute atomic E-state index is 13.2. The zero-order valence-electron chi connectivity index (χ0n) is 13.0. The average Bonchev–Trinajstić information content (AvgIpc) is 2.35. The molecule has 5 fully saturated rings. The molecule has 5 aliphatic rings. The van der Waals surface area contributed by atoms with E-state index in [0.29, 0.717) is 17.4 Å². The predicted octanol–water partition coefficient (Wildman–Crippen LogP) is 2.41. The second-order valence-corrected chi connectivity index (χ2v) is 8.66. The molecular weight excluding hydrogens is 248 g/mol. The molecular formula is C17H28N2O. The Kier molecular flexibility index (Phi) is 2.77. The van der Waals surface area contributed by atoms with Crippen LogP contribution in [0.15, 0.2) is 0 Å². The summed E-state index contributed by atoms with van der Waals surface area (Å²) in [5, 5.41) is 3.45. The molecule has 1 aliphatic heterocycles. The van der Waals surface area contributed by atoms with E-state index in [1.807, 2.05) is 0 Å². The van der Waals surface area contributed by atoms with E-state index in [4.69, 9.17) is 0 Å². The van der Waals surface area contributed by atoms with Crippen molar-refractivity contribution < 1.29 is 4.79 Å². The zero-order valence-corrected chi connectivity index (χ0v) is 13.0. The molecule has 5 rings (SSSR count). The van der Waals surface area contributed by atoms with Crippen LogP contribution < -0.4 is 5.32 Å². The summed E-state index contributed by atoms with van der Waals surface area (Å²) in [7, 11) is 0. The van der Waals surface area contributed by atoms with Crippen LogP contribution in [0.25, 0.3) is 0 Å². The van der Waals surface area contributed by atoms with Gasteiger partial charge in [-0.05, 0) is 62.7 Å². The van der Waals surface area contributed by atoms with Crippen molar-refractivity contribution in [1.29, 1.82) is 0 Å². The largest absolute Gasteiger partial charge is 0.339 e. The minimum atomic E-state index is 0.0237. The number of piperazine rings is 1. The molecule has 1 saturated heterocycles. The maximum Gasteiger partial charge on any atom is 0.228 e. The van der Waals surface area contributed by atoms with Crippen molar-refractivity contribution >= 4 is 5.91 Å². The molecule has 4 saturated carbocycles. The summed E-state index contributed by atoms with van der Waals surface area (Å²) in [4.78, 5) is 15.4. The van der Waals surface area contributed by atoms with Crippen LogP contribution in [0.2, 0.25) is 0 Å². The fourth-order valence-electron chi connectivity index (χ4n) is 6.42. The first-order valence-electron chi connectivity index (χ1n) is 8.51. The number of nitrogens with one attached hydrogen (secondary N) is 1. The van der Waals surface area contributed by atoms with Crippen molar-refractivity contribution in [2.24, 2.45) is 22.7 Å². The molecule has 0 aromatic rings. The summed E-state index contributed by atoms with van der Waals surface area (Å²) in [6, 6.07) is 0.456. The van der Waals surface area contributed by atoms with Gasteiger partial charge in [0.2, 0.25) is 5.91 Å². The quantitative estimate of drug-likeness (QED) is 0.797. The molecule has 4 aliphatic carbocycles. The van der Waals surface area contributed by atoms with Crippen LogP contribution in [0, 0.1) is 22.7 Å². The third kappa shape index (κ3) is 1.93. The normalized spacial score (nSPS) is 50.5. The Bertz CT molecular complexity index is 419. The van der Waals surface area contributed by atoms with Gasteiger partial charge in [0, 0.05) is 25.7 Å². The molecule has 3 unspecified atom stereocenters. The highest BCUT2D eigenvalue weighted by Gasteiger charge is 2.59. The minimum absolute atomic E-state index is 0.0237. The van der Waals surface area contributed by atoms with Gasteiger partial charge in [-0.15, -0.1) is 0 Å². The monoisotopic (exact) mass is 276 g/mol. The van der Waals surface area contributed by atoms with Crippen LogP contribution >= 0.6 is 0 Å². The van der Waals surface area contributed by atoms with Crippen LogP contribution in [-0.2, 0) is 4.79 Å². The second kappa shape index (κ2) is 4.22. The Morgan fingerprint density at radius 3 is 2.50 bits per heavy atom. The van der Waals surface area contributed by atoms with E-state index in [1.54, 1.807) is 0 Å². The first kappa shape index (κ1) is 13.1. The van der Waals surface area contributed by atoms with Gasteiger partial charge in [0.15, 0.2) is 0 Å². The topological polar surface area (TPSA) is 32.3 Å². The van der Waals surface area contributed by atoms with Crippen molar-refractivity contribution in [3.05, 3.63) is 0 Å². The van der Waals surface area contributed by atoms with Gasteiger partial charge >= 0.3 is 0 Å². The number of carbonyl (C=O) groups excluding carboxylic acids is 1. The Morgan fingerprint density at radius 2 is 1.90 bits per heavy atom. The highest BCUT2D eigenvalue weighted by atomic mass is 16.2. The van der Waals surface area contributed by atoms with Crippen LogP contribution in [0.3, 0.4) is 0 Å². The molecule has 1 N–H and O–H groups in total. The summed E-state index contributed by atoms with van der Waals surface area (Å²) >= 11 is 0. The molecule has 4 bridgehead atoms. The van der Waals surface area contributed by atoms with Gasteiger partial charge in [-0.1, -0.05) is 6.92 Å². The summed E-state index contributed by atoms with van der Waals surface area (Å²) < 4.78 is 0. The number of hydrogen-bond donors (Lipinski definition) is 1. The Hall–Kier alpha value is -0.570. The highest BCUT2D eigenvalue weighted by molar-refractivity contribution is 5.83. The van der Waals surface area contributed by atoms with E-state index in [2.05, 4.69) is 24.1 Å². The minimum Gasteiger partial charge on any atom is -0.339 e. The lowest BCUT2D eigenvalue weighted by atomic mass is 9.44. The van der Waals surface area contributed by atoms with Crippen LogP contribution in [0.4, 0.5) is 0 Å². The summed E-state index contributed by atoms with van der Waals surface area (Å²) in [5.41, 5.74) is 0.495. The third-order valence-corrected chi connectivity index (χ3v) is 6.46. The highest BCUT2D eigenvalue weighted by Crippen LogP contribution is 2.65. The van der Waals surface area contributed by atoms with Crippen LogP contribution in [0.1, 0.15) is 52.4 Å². The summed E-state index contributed by atoms with van der Waals surface area (Å²) in [5.74, 6) is 2.18. The smallest absolute Gasteiger partial charge is 0.228 e. The molecule has 0 aromatic carbocycles. The van der Waals surface area contributed by atoms with Gasteiger partial charge < -0.3 is 10.2 Å². The number of rotatable bonds is 1. The second-order valence-electron chi connectivity index (χ2n) is 8.66. The van der Waals surface area contributed by atoms with Crippen molar-refractivity contribution in [1.82, 2.24) is 10.2 Å². The van der Waals surface area contributed by atoms with E-state index in [-0.39, 0.29) is 5.41 Å². The first-order valence-corrected chi connectivity index (χ1v) is 8.51. The summed E-state index contributed by atoms with van der Waals surface area (Å²) in [6.45, 7) is 7.43. The number of amides is 1. The fraction of sp³-hybridized carbons (Fsp3) is 0.941. The SMILES string of the molecule is CC1CN(C(=O)C23CC4CC(CC(C)(C4)C2)C3)CCN1. The van der Waals surface area contributed by atoms with Crippen molar-refractivity contribution in [2.75, 3.05) is 19.6 Å². The summed E-state index contributed by atoms with van der Waals surface area (Å²) in [6.07, 6.45) is 7.73. The Morgan fingerprint density at radius 1 is 1.20 bits per heavy atom. The molecule has 0 aromatic heterocycles. The van der Waals surface area contributed by atoms with Gasteiger partial charge in [-0.2, -0.15) is 0 Å². The number of carbonyl (C=O) groups is 1. The van der Waals surface area contributed by atoms with Gasteiger partial charge in [0.25, 0.3) is 0 Å². The van der Waals surface area contributed by atoms with Crippen molar-refractivity contribution in [3.8, 4) is 0 Å². The molecule has 112 valence electrons. The Labute approximate surface area is 122 Å². The third-order valence-electron chi connectivity index (χ3n) is 6.46. The van der Waals surface area contributed by atoms with E-state index in [1.165, 1.54) is 38.5 Å². The lowest BCUT2D eigenvalue weighted by molar-refractivity contribution is -0.167. The van der Waals surface area contributed by atoms with Crippen LogP contribution in [-0.4, -0.2) is 36.5 Å². The lowest BCUT2D eigenvalue weighted by Crippen LogP contribution is -2.60. The molecule has 1 amide bonds. The number of hydrogen-bond acceptors (Lipinski definition) is 2. The van der Waals surface area contributed by atoms with Gasteiger partial charge in [0.05, 0.1) is 5.41 Å². The standard InChI is InChI=1S/C17H28N2O/c1-12-10-19(4-3-18-12)15(20)17-8-13-5-14(9-17)7-16(2,6-13)11-17/h12-14,18H,3-11H2,1-2H3. The zero-order chi connectivity index (χ0) is 14.0. The van der Waals surface area contributed by atoms with E-state index in [0.717, 1.165) is 31.5 Å². The van der Waals surface area contributed by atoms with E-state index >= 15 is 0 Å². The van der Waals surface area contributed by atoms with Gasteiger partial charge in [0.1, 0.15) is 0 Å². The van der Waals surface area contributed by atoms with E-state index < -0.39 is 0 Å². The molecule has 0 radical (unpaired) electrons. The van der Waals surface area contributed by atoms with E-state index in [9.17, 15) is 4.79 Å². The molecule has 1 heterocycles. The maximum atomic E-state index is 13.2. The average molecular weight is 276 g/mol. The van der Waals surface area contributed by atoms with Crippen LogP contribution in [0.5, 0.6) is 0 Å². The predicted molar refractivity (Wildman–Crippen MR) is 79.3 cm³/mol. The Balaban J connectivity index is 1.59. The number of nitrogens with zero attached hydrogens (tertiary/aromatic N) is 1. The van der Waals surface area contributed by atoms with Crippen molar-refractivity contribution in [3.63, 3.8) is 0 Å². The van der Waals surface area contributed by atoms with Gasteiger partial charge in [-0.3, -0.25) is 4.79 Å². The van der Waals surface area contributed by atoms with Gasteiger partial charge in [-0.25, -0.2) is 0 Å². The molecule has 3 atom stereocenters. The first-order chi connectivity index (χ1) is 9.48. The molecule has 20 heavy (non-hydrogen) atoms. The molecule has 0 spiro atoms. The lowest BCUT2D eigenvalue weighted by Gasteiger charge is -2.61. The van der Waals surface area contributed by atoms with Crippen molar-refractivity contribution in [2.45, 2.75) is 58.4 Å². The molecule has 3 nitrogen and oxygen atoms in total. The molecule has 3 heteroatoms. The fourth-order valence-corrected chi connectivity index (χ4v) is 6.42.